The molecule has 0 aliphatic carbocycles. The Balaban J connectivity index is 1.56. The Hall–Kier alpha value is -2.94. The van der Waals surface area contributed by atoms with Gasteiger partial charge in [0.15, 0.2) is 5.58 Å². The molecule has 1 amide bonds. The lowest BCUT2D eigenvalue weighted by Crippen LogP contribution is -2.40. The van der Waals surface area contributed by atoms with Crippen LogP contribution >= 0.6 is 15.9 Å². The molecule has 2 aromatic heterocycles. The summed E-state index contributed by atoms with van der Waals surface area (Å²) in [5, 5.41) is 0. The van der Waals surface area contributed by atoms with E-state index in [9.17, 15) is 14.4 Å². The number of benzene rings is 1. The van der Waals surface area contributed by atoms with Crippen LogP contribution in [0.3, 0.4) is 0 Å². The molecule has 1 aliphatic heterocycles. The first kappa shape index (κ1) is 19.4. The predicted octanol–water partition coefficient (Wildman–Crippen LogP) is 3.02. The van der Waals surface area contributed by atoms with Crippen LogP contribution in [-0.2, 0) is 4.74 Å². The number of esters is 1. The summed E-state index contributed by atoms with van der Waals surface area (Å²) >= 11 is 3.33. The molecule has 9 heteroatoms. The van der Waals surface area contributed by atoms with Crippen LogP contribution in [0.5, 0.6) is 0 Å². The molecule has 3 aromatic rings. The summed E-state index contributed by atoms with van der Waals surface area (Å²) in [7, 11) is 1.31. The number of amides is 1. The summed E-state index contributed by atoms with van der Waals surface area (Å²) in [5.41, 5.74) is 1.84. The molecule has 1 fully saturated rings. The maximum atomic E-state index is 12.7. The van der Waals surface area contributed by atoms with Crippen molar-refractivity contribution in [1.29, 1.82) is 0 Å². The van der Waals surface area contributed by atoms with Crippen LogP contribution in [-0.4, -0.2) is 46.5 Å². The average Bonchev–Trinajstić information content (AvgIpc) is 3.07. The molecular formula is C20H18BrN3O5. The maximum absolute atomic E-state index is 12.7. The van der Waals surface area contributed by atoms with Crippen molar-refractivity contribution in [2.45, 2.75) is 18.9 Å². The number of pyridine rings is 1. The van der Waals surface area contributed by atoms with Crippen molar-refractivity contribution in [2.75, 3.05) is 20.2 Å². The van der Waals surface area contributed by atoms with Gasteiger partial charge < -0.3 is 14.1 Å². The Labute approximate surface area is 174 Å². The minimum absolute atomic E-state index is 0.0883. The second kappa shape index (κ2) is 7.82. The highest BCUT2D eigenvalue weighted by molar-refractivity contribution is 9.10. The van der Waals surface area contributed by atoms with Gasteiger partial charge in [-0.15, -0.1) is 0 Å². The molecule has 1 saturated heterocycles. The average molecular weight is 460 g/mol. The second-order valence-corrected chi connectivity index (χ2v) is 7.74. The highest BCUT2D eigenvalue weighted by atomic mass is 79.9. The van der Waals surface area contributed by atoms with Crippen molar-refractivity contribution in [2.24, 2.45) is 0 Å². The predicted molar refractivity (Wildman–Crippen MR) is 108 cm³/mol. The van der Waals surface area contributed by atoms with Gasteiger partial charge in [-0.05, 0) is 53.0 Å². The van der Waals surface area contributed by atoms with Gasteiger partial charge in [-0.3, -0.25) is 14.3 Å². The third-order valence-corrected chi connectivity index (χ3v) is 5.54. The zero-order chi connectivity index (χ0) is 20.5. The maximum Gasteiger partial charge on any atom is 0.420 e. The SMILES string of the molecule is COC(=O)c1ccc2oc(=O)n(C3CCN(C(=O)c4cncc(Br)c4)CC3)c2c1. The minimum Gasteiger partial charge on any atom is -0.465 e. The van der Waals surface area contributed by atoms with E-state index in [2.05, 4.69) is 20.9 Å². The van der Waals surface area contributed by atoms with Crippen LogP contribution in [0.1, 0.15) is 39.6 Å². The molecule has 0 radical (unpaired) electrons. The van der Waals surface area contributed by atoms with Crippen LogP contribution in [0, 0.1) is 0 Å². The van der Waals surface area contributed by atoms with Gasteiger partial charge in [-0.25, -0.2) is 9.59 Å². The monoisotopic (exact) mass is 459 g/mol. The first-order valence-corrected chi connectivity index (χ1v) is 9.90. The summed E-state index contributed by atoms with van der Waals surface area (Å²) in [6.07, 6.45) is 4.37. The normalized spacial score (nSPS) is 14.9. The third kappa shape index (κ3) is 3.69. The number of nitrogens with zero attached hydrogens (tertiary/aromatic N) is 3. The number of hydrogen-bond donors (Lipinski definition) is 0. The molecular weight excluding hydrogens is 442 g/mol. The molecule has 29 heavy (non-hydrogen) atoms. The number of ether oxygens (including phenoxy) is 1. The number of carbonyl (C=O) groups is 2. The topological polar surface area (TPSA) is 94.6 Å². The molecule has 1 aliphatic rings. The third-order valence-electron chi connectivity index (χ3n) is 5.10. The van der Waals surface area contributed by atoms with Crippen LogP contribution in [0.4, 0.5) is 0 Å². The van der Waals surface area contributed by atoms with E-state index in [0.717, 1.165) is 4.47 Å². The summed E-state index contributed by atoms with van der Waals surface area (Å²) in [5.74, 6) is -1.03. The molecule has 0 N–H and O–H groups in total. The first-order chi connectivity index (χ1) is 14.0. The fraction of sp³-hybridized carbons (Fsp3) is 0.300. The molecule has 0 atom stereocenters. The van der Waals surface area contributed by atoms with Crippen molar-refractivity contribution < 1.29 is 18.7 Å². The number of oxazole rings is 1. The van der Waals surface area contributed by atoms with Gasteiger partial charge in [0.1, 0.15) is 0 Å². The van der Waals surface area contributed by atoms with Gasteiger partial charge in [0, 0.05) is 36.0 Å². The molecule has 0 spiro atoms. The number of halogens is 1. The molecule has 8 nitrogen and oxygen atoms in total. The zero-order valence-corrected chi connectivity index (χ0v) is 17.2. The van der Waals surface area contributed by atoms with Crippen molar-refractivity contribution in [3.05, 3.63) is 62.8 Å². The van der Waals surface area contributed by atoms with Gasteiger partial charge >= 0.3 is 11.7 Å². The van der Waals surface area contributed by atoms with Crippen LogP contribution in [0.15, 0.2) is 50.3 Å². The number of fused-ring (bicyclic) bond motifs is 1. The van der Waals surface area contributed by atoms with Crippen molar-refractivity contribution in [3.63, 3.8) is 0 Å². The standard InChI is InChI=1S/C20H18BrN3O5/c1-28-19(26)12-2-3-17-16(9-12)24(20(27)29-17)15-4-6-23(7-5-15)18(25)13-8-14(21)11-22-10-13/h2-3,8-11,15H,4-7H2,1H3. The smallest absolute Gasteiger partial charge is 0.420 e. The van der Waals surface area contributed by atoms with E-state index in [1.165, 1.54) is 7.11 Å². The Morgan fingerprint density at radius 2 is 1.93 bits per heavy atom. The van der Waals surface area contributed by atoms with Crippen molar-refractivity contribution in [1.82, 2.24) is 14.5 Å². The summed E-state index contributed by atoms with van der Waals surface area (Å²) in [4.78, 5) is 42.8. The van der Waals surface area contributed by atoms with Crippen LogP contribution < -0.4 is 5.76 Å². The summed E-state index contributed by atoms with van der Waals surface area (Å²) in [6, 6.07) is 6.38. The first-order valence-electron chi connectivity index (χ1n) is 9.11. The van der Waals surface area contributed by atoms with E-state index >= 15 is 0 Å². The van der Waals surface area contributed by atoms with E-state index in [1.807, 2.05) is 0 Å². The Kier molecular flexibility index (Phi) is 5.23. The number of rotatable bonds is 3. The fourth-order valence-electron chi connectivity index (χ4n) is 3.66. The lowest BCUT2D eigenvalue weighted by Gasteiger charge is -2.32. The highest BCUT2D eigenvalue weighted by Crippen LogP contribution is 2.27. The highest BCUT2D eigenvalue weighted by Gasteiger charge is 2.28. The van der Waals surface area contributed by atoms with Crippen LogP contribution in [0.25, 0.3) is 11.1 Å². The van der Waals surface area contributed by atoms with E-state index < -0.39 is 11.7 Å². The largest absolute Gasteiger partial charge is 0.465 e. The van der Waals surface area contributed by atoms with Crippen molar-refractivity contribution >= 4 is 38.9 Å². The Morgan fingerprint density at radius 1 is 1.17 bits per heavy atom. The number of piperidine rings is 1. The van der Waals surface area contributed by atoms with E-state index in [1.54, 1.807) is 46.1 Å². The number of likely N-dealkylation sites (tertiary alicyclic amines) is 1. The summed E-state index contributed by atoms with van der Waals surface area (Å²) < 4.78 is 12.4. The Bertz CT molecular complexity index is 1140. The van der Waals surface area contributed by atoms with E-state index in [4.69, 9.17) is 9.15 Å². The molecule has 0 unspecified atom stereocenters. The number of methoxy groups -OCH3 is 1. The van der Waals surface area contributed by atoms with Crippen LogP contribution in [0.2, 0.25) is 0 Å². The zero-order valence-electron chi connectivity index (χ0n) is 15.6. The van der Waals surface area contributed by atoms with Crippen molar-refractivity contribution in [3.8, 4) is 0 Å². The lowest BCUT2D eigenvalue weighted by molar-refractivity contribution is 0.0600. The Morgan fingerprint density at radius 3 is 2.62 bits per heavy atom. The number of carbonyl (C=O) groups excluding carboxylic acids is 2. The molecule has 0 saturated carbocycles. The van der Waals surface area contributed by atoms with Gasteiger partial charge in [-0.2, -0.15) is 0 Å². The van der Waals surface area contributed by atoms with Gasteiger partial charge in [0.25, 0.3) is 5.91 Å². The van der Waals surface area contributed by atoms with Gasteiger partial charge in [-0.1, -0.05) is 0 Å². The number of hydrogen-bond acceptors (Lipinski definition) is 6. The molecule has 3 heterocycles. The lowest BCUT2D eigenvalue weighted by atomic mass is 10.0. The fourth-order valence-corrected chi connectivity index (χ4v) is 4.03. The number of aromatic nitrogens is 2. The van der Waals surface area contributed by atoms with E-state index in [0.29, 0.717) is 48.2 Å². The van der Waals surface area contributed by atoms with E-state index in [-0.39, 0.29) is 11.9 Å². The van der Waals surface area contributed by atoms with Gasteiger partial charge in [0.2, 0.25) is 0 Å². The minimum atomic E-state index is -0.477. The molecule has 0 bridgehead atoms. The quantitative estimate of drug-likeness (QED) is 0.558. The second-order valence-electron chi connectivity index (χ2n) is 6.83. The summed E-state index contributed by atoms with van der Waals surface area (Å²) in [6.45, 7) is 1.01. The molecule has 150 valence electrons. The van der Waals surface area contributed by atoms with Gasteiger partial charge in [0.05, 0.1) is 23.8 Å². The molecule has 4 rings (SSSR count). The molecule has 1 aromatic carbocycles.